The summed E-state index contributed by atoms with van der Waals surface area (Å²) in [4.78, 5) is 22.5. The number of carbonyl (C=O) groups excluding carboxylic acids is 2. The van der Waals surface area contributed by atoms with Gasteiger partial charge in [-0.1, -0.05) is 11.6 Å². The number of nitrogens with zero attached hydrogens (tertiary/aromatic N) is 1. The number of hydrogen-bond acceptors (Lipinski definition) is 4. The zero-order valence-electron chi connectivity index (χ0n) is 11.4. The van der Waals surface area contributed by atoms with Crippen LogP contribution in [0.25, 0.3) is 0 Å². The summed E-state index contributed by atoms with van der Waals surface area (Å²) in [6, 6.07) is 8.48. The van der Waals surface area contributed by atoms with E-state index in [0.29, 0.717) is 30.3 Å². The first-order valence-corrected chi connectivity index (χ1v) is 6.78. The van der Waals surface area contributed by atoms with Crippen LogP contribution in [0.15, 0.2) is 24.3 Å². The Morgan fingerprint density at radius 3 is 2.38 bits per heavy atom. The summed E-state index contributed by atoms with van der Waals surface area (Å²) >= 11 is 5.73. The molecule has 0 bridgehead atoms. The summed E-state index contributed by atoms with van der Waals surface area (Å²) in [5.74, 6) is 0.0153. The van der Waals surface area contributed by atoms with Crippen LogP contribution < -0.4 is 15.4 Å². The van der Waals surface area contributed by atoms with Gasteiger partial charge in [0.2, 0.25) is 5.91 Å². The maximum Gasteiger partial charge on any atom is 0.257 e. The van der Waals surface area contributed by atoms with Crippen molar-refractivity contribution in [2.24, 2.45) is 0 Å². The highest BCUT2D eigenvalue weighted by Gasteiger charge is 2.03. The number of hydrogen-bond donors (Lipinski definition) is 2. The summed E-state index contributed by atoms with van der Waals surface area (Å²) in [7, 11) is 0. The van der Waals surface area contributed by atoms with Crippen molar-refractivity contribution < 1.29 is 14.3 Å². The van der Waals surface area contributed by atoms with Crippen LogP contribution in [-0.4, -0.2) is 31.5 Å². The minimum atomic E-state index is -0.310. The molecule has 21 heavy (non-hydrogen) atoms. The van der Waals surface area contributed by atoms with E-state index in [1.54, 1.807) is 30.3 Å². The van der Waals surface area contributed by atoms with Crippen LogP contribution in [0.5, 0.6) is 5.75 Å². The molecule has 1 aromatic rings. The number of benzene rings is 1. The second-order valence-electron chi connectivity index (χ2n) is 4.13. The summed E-state index contributed by atoms with van der Waals surface area (Å²) in [6.07, 6.45) is 0.436. The molecule has 0 atom stereocenters. The Bertz CT molecular complexity index is 511. The fraction of sp³-hybridized carbons (Fsp3) is 0.357. The van der Waals surface area contributed by atoms with Gasteiger partial charge in [0, 0.05) is 18.1 Å². The number of amides is 2. The number of halogens is 1. The molecular weight excluding hydrogens is 294 g/mol. The molecule has 1 aromatic carbocycles. The standard InChI is InChI=1S/C14H16ClN3O3/c15-11-2-4-12(5-3-11)21-10-14(20)18-9-1-8-17-13(19)6-7-16/h2-5H,1,6,8-10H2,(H,17,19)(H,18,20). The molecule has 0 aliphatic rings. The Labute approximate surface area is 128 Å². The maximum absolute atomic E-state index is 11.5. The van der Waals surface area contributed by atoms with Gasteiger partial charge in [-0.3, -0.25) is 9.59 Å². The van der Waals surface area contributed by atoms with E-state index in [1.807, 2.05) is 0 Å². The van der Waals surface area contributed by atoms with Gasteiger partial charge < -0.3 is 15.4 Å². The maximum atomic E-state index is 11.5. The van der Waals surface area contributed by atoms with E-state index in [4.69, 9.17) is 21.6 Å². The minimum absolute atomic E-state index is 0.0809. The number of nitriles is 1. The lowest BCUT2D eigenvalue weighted by molar-refractivity contribution is -0.123. The lowest BCUT2D eigenvalue weighted by Gasteiger charge is -2.08. The van der Waals surface area contributed by atoms with Crippen LogP contribution in [0.1, 0.15) is 12.8 Å². The number of nitrogens with one attached hydrogen (secondary N) is 2. The van der Waals surface area contributed by atoms with E-state index >= 15 is 0 Å². The van der Waals surface area contributed by atoms with Crippen molar-refractivity contribution in [2.75, 3.05) is 19.7 Å². The fourth-order valence-corrected chi connectivity index (χ4v) is 1.54. The molecule has 0 radical (unpaired) electrons. The predicted octanol–water partition coefficient (Wildman–Crippen LogP) is 1.25. The van der Waals surface area contributed by atoms with Gasteiger partial charge in [0.1, 0.15) is 12.2 Å². The van der Waals surface area contributed by atoms with Gasteiger partial charge in [-0.15, -0.1) is 0 Å². The van der Waals surface area contributed by atoms with Crippen molar-refractivity contribution in [2.45, 2.75) is 12.8 Å². The van der Waals surface area contributed by atoms with Crippen LogP contribution >= 0.6 is 11.6 Å². The highest BCUT2D eigenvalue weighted by atomic mass is 35.5. The normalized spacial score (nSPS) is 9.52. The first-order chi connectivity index (χ1) is 10.1. The first kappa shape index (κ1) is 16.8. The summed E-state index contributed by atoms with van der Waals surface area (Å²) < 4.78 is 5.27. The van der Waals surface area contributed by atoms with E-state index < -0.39 is 0 Å². The molecule has 7 heteroatoms. The second kappa shape index (κ2) is 9.61. The molecule has 0 spiro atoms. The van der Waals surface area contributed by atoms with Crippen LogP contribution in [0, 0.1) is 11.3 Å². The summed E-state index contributed by atoms with van der Waals surface area (Å²) in [5, 5.41) is 14.1. The van der Waals surface area contributed by atoms with E-state index in [-0.39, 0.29) is 24.8 Å². The number of carbonyl (C=O) groups is 2. The van der Waals surface area contributed by atoms with Crippen molar-refractivity contribution in [3.63, 3.8) is 0 Å². The van der Waals surface area contributed by atoms with Crippen molar-refractivity contribution in [3.8, 4) is 11.8 Å². The van der Waals surface area contributed by atoms with Crippen LogP contribution in [0.4, 0.5) is 0 Å². The lowest BCUT2D eigenvalue weighted by Crippen LogP contribution is -2.32. The molecule has 1 rings (SSSR count). The van der Waals surface area contributed by atoms with Gasteiger partial charge in [0.25, 0.3) is 5.91 Å². The smallest absolute Gasteiger partial charge is 0.257 e. The predicted molar refractivity (Wildman–Crippen MR) is 77.8 cm³/mol. The minimum Gasteiger partial charge on any atom is -0.484 e. The third kappa shape index (κ3) is 7.80. The van der Waals surface area contributed by atoms with Crippen molar-refractivity contribution in [1.82, 2.24) is 10.6 Å². The van der Waals surface area contributed by atoms with Crippen LogP contribution in [0.2, 0.25) is 5.02 Å². The van der Waals surface area contributed by atoms with Crippen molar-refractivity contribution in [3.05, 3.63) is 29.3 Å². The summed E-state index contributed by atoms with van der Waals surface area (Å²) in [5.41, 5.74) is 0. The molecule has 112 valence electrons. The second-order valence-corrected chi connectivity index (χ2v) is 4.57. The molecule has 2 N–H and O–H groups in total. The van der Waals surface area contributed by atoms with E-state index in [2.05, 4.69) is 10.6 Å². The number of ether oxygens (including phenoxy) is 1. The topological polar surface area (TPSA) is 91.2 Å². The van der Waals surface area contributed by atoms with Crippen LogP contribution in [-0.2, 0) is 9.59 Å². The fourth-order valence-electron chi connectivity index (χ4n) is 1.41. The van der Waals surface area contributed by atoms with Gasteiger partial charge in [-0.25, -0.2) is 0 Å². The monoisotopic (exact) mass is 309 g/mol. The molecule has 0 fully saturated rings. The molecule has 2 amide bonds. The van der Waals surface area contributed by atoms with E-state index in [9.17, 15) is 9.59 Å². The largest absolute Gasteiger partial charge is 0.484 e. The quantitative estimate of drug-likeness (QED) is 0.707. The van der Waals surface area contributed by atoms with Gasteiger partial charge in [-0.05, 0) is 30.7 Å². The molecule has 0 saturated heterocycles. The lowest BCUT2D eigenvalue weighted by atomic mass is 10.3. The van der Waals surface area contributed by atoms with E-state index in [0.717, 1.165) is 0 Å². The first-order valence-electron chi connectivity index (χ1n) is 6.40. The zero-order valence-corrected chi connectivity index (χ0v) is 12.2. The molecule has 0 aliphatic heterocycles. The Kier molecular flexibility index (Phi) is 7.69. The van der Waals surface area contributed by atoms with Gasteiger partial charge in [0.05, 0.1) is 6.07 Å². The van der Waals surface area contributed by atoms with Crippen molar-refractivity contribution >= 4 is 23.4 Å². The molecular formula is C14H16ClN3O3. The van der Waals surface area contributed by atoms with Crippen molar-refractivity contribution in [1.29, 1.82) is 5.26 Å². The molecule has 0 saturated carbocycles. The Morgan fingerprint density at radius 1 is 1.14 bits per heavy atom. The average Bonchev–Trinajstić information content (AvgIpc) is 2.46. The Hall–Kier alpha value is -2.26. The Balaban J connectivity index is 2.08. The molecule has 0 aromatic heterocycles. The third-order valence-electron chi connectivity index (χ3n) is 2.42. The van der Waals surface area contributed by atoms with Gasteiger partial charge in [0.15, 0.2) is 6.61 Å². The van der Waals surface area contributed by atoms with Gasteiger partial charge in [-0.2, -0.15) is 5.26 Å². The average molecular weight is 310 g/mol. The highest BCUT2D eigenvalue weighted by molar-refractivity contribution is 6.30. The molecule has 0 unspecified atom stereocenters. The zero-order chi connectivity index (χ0) is 15.5. The Morgan fingerprint density at radius 2 is 1.76 bits per heavy atom. The van der Waals surface area contributed by atoms with Crippen LogP contribution in [0.3, 0.4) is 0 Å². The highest BCUT2D eigenvalue weighted by Crippen LogP contribution is 2.15. The molecule has 0 heterocycles. The SMILES string of the molecule is N#CCC(=O)NCCCNC(=O)COc1ccc(Cl)cc1. The molecule has 0 aliphatic carbocycles. The summed E-state index contributed by atoms with van der Waals surface area (Å²) in [6.45, 7) is 0.761. The van der Waals surface area contributed by atoms with E-state index in [1.165, 1.54) is 0 Å². The third-order valence-corrected chi connectivity index (χ3v) is 2.67. The molecule has 6 nitrogen and oxygen atoms in total. The number of rotatable bonds is 8. The van der Waals surface area contributed by atoms with Gasteiger partial charge >= 0.3 is 0 Å².